The molecule has 0 amide bonds. The van der Waals surface area contributed by atoms with Crippen molar-refractivity contribution < 1.29 is 14.5 Å². The van der Waals surface area contributed by atoms with Crippen LogP contribution in [0.15, 0.2) is 53.7 Å². The molecule has 1 aromatic carbocycles. The van der Waals surface area contributed by atoms with Crippen LogP contribution in [0.25, 0.3) is 21.8 Å². The van der Waals surface area contributed by atoms with Crippen molar-refractivity contribution in [1.82, 2.24) is 19.1 Å². The van der Waals surface area contributed by atoms with Crippen LogP contribution in [0.3, 0.4) is 0 Å². The van der Waals surface area contributed by atoms with Gasteiger partial charge in [0.25, 0.3) is 0 Å². The Morgan fingerprint density at radius 2 is 2.03 bits per heavy atom. The zero-order chi connectivity index (χ0) is 23.8. The molecule has 0 radical (unpaired) electrons. The van der Waals surface area contributed by atoms with Gasteiger partial charge in [-0.1, -0.05) is 24.3 Å². The minimum Gasteiger partial charge on any atom is -0.469 e. The smallest absolute Gasteiger partial charge is 0.329 e. The first-order valence-corrected chi connectivity index (χ1v) is 11.1. The van der Waals surface area contributed by atoms with Crippen molar-refractivity contribution in [2.75, 3.05) is 13.7 Å². The van der Waals surface area contributed by atoms with Gasteiger partial charge in [0.2, 0.25) is 6.54 Å². The van der Waals surface area contributed by atoms with Gasteiger partial charge in [-0.05, 0) is 29.9 Å². The number of esters is 1. The van der Waals surface area contributed by atoms with E-state index in [0.29, 0.717) is 16.8 Å². The number of nitrogens with zero attached hydrogens (tertiary/aromatic N) is 5. The number of carbonyl (C=O) groups is 1. The Morgan fingerprint density at radius 3 is 2.76 bits per heavy atom. The van der Waals surface area contributed by atoms with Crippen molar-refractivity contribution in [1.29, 1.82) is 0 Å². The maximum Gasteiger partial charge on any atom is 0.329 e. The molecule has 10 nitrogen and oxygen atoms in total. The lowest BCUT2D eigenvalue weighted by molar-refractivity contribution is -0.483. The number of rotatable bonds is 8. The van der Waals surface area contributed by atoms with Crippen molar-refractivity contribution in [3.8, 4) is 0 Å². The van der Waals surface area contributed by atoms with Crippen LogP contribution in [-0.2, 0) is 16.1 Å². The van der Waals surface area contributed by atoms with Gasteiger partial charge < -0.3 is 4.74 Å². The number of carbonyl (C=O) groups excluding carboxylic acids is 1. The lowest BCUT2D eigenvalue weighted by Gasteiger charge is -2.19. The molecule has 5 rings (SSSR count). The molecule has 1 saturated carbocycles. The predicted octanol–water partition coefficient (Wildman–Crippen LogP) is 3.05. The molecule has 0 N–H and O–H groups in total. The predicted molar refractivity (Wildman–Crippen MR) is 124 cm³/mol. The zero-order valence-corrected chi connectivity index (χ0v) is 18.6. The van der Waals surface area contributed by atoms with Gasteiger partial charge in [0, 0.05) is 28.7 Å². The summed E-state index contributed by atoms with van der Waals surface area (Å²) in [5.41, 5.74) is 2.42. The molecule has 0 bridgehead atoms. The van der Waals surface area contributed by atoms with Crippen LogP contribution in [0.5, 0.6) is 0 Å². The third-order valence-corrected chi connectivity index (χ3v) is 6.32. The van der Waals surface area contributed by atoms with Crippen LogP contribution >= 0.6 is 0 Å². The van der Waals surface area contributed by atoms with Gasteiger partial charge in [-0.25, -0.2) is 4.79 Å². The lowest BCUT2D eigenvalue weighted by Crippen LogP contribution is -2.26. The molecular weight excluding hydrogens is 438 g/mol. The largest absolute Gasteiger partial charge is 0.469 e. The number of imidazole rings is 1. The topological polar surface area (TPSA) is 122 Å². The molecule has 0 saturated heterocycles. The Kier molecular flexibility index (Phi) is 5.56. The summed E-state index contributed by atoms with van der Waals surface area (Å²) in [7, 11) is 1.26. The first-order chi connectivity index (χ1) is 16.5. The molecule has 10 heteroatoms. The van der Waals surface area contributed by atoms with Crippen molar-refractivity contribution in [3.05, 3.63) is 80.8 Å². The van der Waals surface area contributed by atoms with E-state index in [1.54, 1.807) is 27.7 Å². The van der Waals surface area contributed by atoms with E-state index in [0.717, 1.165) is 29.1 Å². The van der Waals surface area contributed by atoms with Crippen LogP contribution in [0.1, 0.15) is 42.5 Å². The van der Waals surface area contributed by atoms with E-state index < -0.39 is 23.4 Å². The summed E-state index contributed by atoms with van der Waals surface area (Å²) in [6, 6.07) is 9.42. The van der Waals surface area contributed by atoms with Gasteiger partial charge in [-0.15, -0.1) is 0 Å². The fourth-order valence-corrected chi connectivity index (χ4v) is 4.65. The lowest BCUT2D eigenvalue weighted by atomic mass is 9.89. The molecule has 34 heavy (non-hydrogen) atoms. The number of ether oxygens (including phenoxy) is 1. The Balaban J connectivity index is 1.69. The molecule has 1 unspecified atom stereocenters. The molecule has 174 valence electrons. The number of benzene rings is 1. The normalized spacial score (nSPS) is 14.4. The summed E-state index contributed by atoms with van der Waals surface area (Å²) in [6.45, 7) is -0.353. The maximum absolute atomic E-state index is 13.4. The highest BCUT2D eigenvalue weighted by atomic mass is 16.6. The zero-order valence-electron chi connectivity index (χ0n) is 18.6. The molecular formula is C24H23N5O5. The Hall–Kier alpha value is -4.08. The van der Waals surface area contributed by atoms with Crippen molar-refractivity contribution in [3.63, 3.8) is 0 Å². The molecule has 1 atom stereocenters. The third-order valence-electron chi connectivity index (χ3n) is 6.32. The number of methoxy groups -OCH3 is 1. The second-order valence-corrected chi connectivity index (χ2v) is 8.53. The third kappa shape index (κ3) is 3.91. The van der Waals surface area contributed by atoms with E-state index in [2.05, 4.69) is 9.97 Å². The highest BCUT2D eigenvalue weighted by molar-refractivity contribution is 5.87. The molecule has 0 spiro atoms. The highest BCUT2D eigenvalue weighted by Gasteiger charge is 2.31. The van der Waals surface area contributed by atoms with E-state index in [-0.39, 0.29) is 24.7 Å². The van der Waals surface area contributed by atoms with Gasteiger partial charge in [-0.3, -0.25) is 34.0 Å². The first-order valence-electron chi connectivity index (χ1n) is 11.1. The van der Waals surface area contributed by atoms with Gasteiger partial charge >= 0.3 is 11.7 Å². The average molecular weight is 461 g/mol. The summed E-state index contributed by atoms with van der Waals surface area (Å²) >= 11 is 0. The molecule has 0 aliphatic heterocycles. The van der Waals surface area contributed by atoms with Crippen molar-refractivity contribution in [2.45, 2.75) is 37.8 Å². The van der Waals surface area contributed by atoms with Gasteiger partial charge in [-0.2, -0.15) is 0 Å². The summed E-state index contributed by atoms with van der Waals surface area (Å²) in [6.07, 6.45) is 6.74. The van der Waals surface area contributed by atoms with E-state index >= 15 is 0 Å². The molecule has 1 aliphatic rings. The Morgan fingerprint density at radius 1 is 1.24 bits per heavy atom. The SMILES string of the molecule is COC(=O)CC(C[N+](=O)[O-])c1c(Cn2c(=O)n(C3CC3)c3ccncc32)ncc2ccccc12. The average Bonchev–Trinajstić information content (AvgIpc) is 3.63. The standard InChI is InChI=1S/C24H23N5O5/c1-34-22(30)10-16(13-28(32)33)23-18-5-3-2-4-15(18)11-26-19(23)14-27-21-12-25-9-8-20(21)29(24(27)31)17-6-7-17/h2-5,8-9,11-12,16-17H,6-7,10,13-14H2,1H3. The number of hydrogen-bond donors (Lipinski definition) is 0. The number of fused-ring (bicyclic) bond motifs is 2. The van der Waals surface area contributed by atoms with E-state index in [1.165, 1.54) is 7.11 Å². The molecule has 1 aliphatic carbocycles. The van der Waals surface area contributed by atoms with Crippen LogP contribution < -0.4 is 5.69 Å². The van der Waals surface area contributed by atoms with Crippen LogP contribution in [-0.4, -0.2) is 43.6 Å². The summed E-state index contributed by atoms with van der Waals surface area (Å²) < 4.78 is 8.22. The summed E-state index contributed by atoms with van der Waals surface area (Å²) in [5.74, 6) is -1.31. The van der Waals surface area contributed by atoms with Crippen LogP contribution in [0.4, 0.5) is 0 Å². The summed E-state index contributed by atoms with van der Waals surface area (Å²) in [5, 5.41) is 13.1. The van der Waals surface area contributed by atoms with Crippen LogP contribution in [0.2, 0.25) is 0 Å². The minimum absolute atomic E-state index is 0.107. The van der Waals surface area contributed by atoms with E-state index in [9.17, 15) is 19.7 Å². The van der Waals surface area contributed by atoms with E-state index in [4.69, 9.17) is 4.74 Å². The van der Waals surface area contributed by atoms with Crippen molar-refractivity contribution >= 4 is 27.8 Å². The number of aromatic nitrogens is 4. The first kappa shape index (κ1) is 21.7. The van der Waals surface area contributed by atoms with Crippen molar-refractivity contribution in [2.24, 2.45) is 0 Å². The quantitative estimate of drug-likeness (QED) is 0.224. The fourth-order valence-electron chi connectivity index (χ4n) is 4.65. The molecule has 3 heterocycles. The second-order valence-electron chi connectivity index (χ2n) is 8.53. The van der Waals surface area contributed by atoms with Gasteiger partial charge in [0.1, 0.15) is 0 Å². The molecule has 4 aromatic rings. The monoisotopic (exact) mass is 461 g/mol. The summed E-state index contributed by atoms with van der Waals surface area (Å²) in [4.78, 5) is 45.5. The van der Waals surface area contributed by atoms with Gasteiger partial charge in [0.05, 0.1) is 48.9 Å². The highest BCUT2D eigenvalue weighted by Crippen LogP contribution is 2.36. The maximum atomic E-state index is 13.4. The second kappa shape index (κ2) is 8.69. The fraction of sp³-hybridized carbons (Fsp3) is 0.333. The Labute approximate surface area is 194 Å². The van der Waals surface area contributed by atoms with E-state index in [1.807, 2.05) is 30.3 Å². The minimum atomic E-state index is -0.762. The number of hydrogen-bond acceptors (Lipinski definition) is 7. The number of pyridine rings is 2. The van der Waals surface area contributed by atoms with Gasteiger partial charge in [0.15, 0.2) is 0 Å². The Bertz CT molecular complexity index is 1470. The number of nitro groups is 1. The van der Waals surface area contributed by atoms with Crippen LogP contribution in [0, 0.1) is 10.1 Å². The molecule has 1 fully saturated rings. The molecule has 3 aromatic heterocycles.